The molecule has 2 nitrogen and oxygen atoms in total. The number of ether oxygens (including phenoxy) is 1. The maximum atomic E-state index is 6.59. The van der Waals surface area contributed by atoms with Crippen LogP contribution in [0.5, 0.6) is 5.75 Å². The largest absolute Gasteiger partial charge is 0.492 e. The Morgan fingerprint density at radius 1 is 0.692 bits per heavy atom. The van der Waals surface area contributed by atoms with Gasteiger partial charge in [0, 0.05) is 19.6 Å². The minimum atomic E-state index is -0.0809. The van der Waals surface area contributed by atoms with Gasteiger partial charge in [-0.05, 0) is 23.3 Å². The fourth-order valence-corrected chi connectivity index (χ4v) is 3.16. The molecule has 1 unspecified atom stereocenters. The molecule has 3 rings (SSSR count). The summed E-state index contributed by atoms with van der Waals surface area (Å²) in [6.45, 7) is 2.98. The van der Waals surface area contributed by atoms with Gasteiger partial charge in [0.15, 0.2) is 0 Å². The molecule has 0 saturated heterocycles. The second kappa shape index (κ2) is 10.0. The predicted octanol–water partition coefficient (Wildman–Crippen LogP) is 5.38. The summed E-state index contributed by atoms with van der Waals surface area (Å²) in [6.07, 6.45) is 0. The molecule has 0 aliphatic heterocycles. The van der Waals surface area contributed by atoms with Crippen LogP contribution in [-0.4, -0.2) is 23.4 Å². The zero-order valence-corrected chi connectivity index (χ0v) is 15.6. The topological polar surface area (TPSA) is 12.5 Å². The molecule has 0 aliphatic carbocycles. The van der Waals surface area contributed by atoms with E-state index in [1.807, 2.05) is 42.5 Å². The summed E-state index contributed by atoms with van der Waals surface area (Å²) in [7, 11) is 0. The van der Waals surface area contributed by atoms with Crippen LogP contribution >= 0.6 is 11.6 Å². The van der Waals surface area contributed by atoms with Crippen molar-refractivity contribution in [3.05, 3.63) is 102 Å². The summed E-state index contributed by atoms with van der Waals surface area (Å²) in [5, 5.41) is -0.0809. The molecule has 1 atom stereocenters. The second-order valence-electron chi connectivity index (χ2n) is 6.36. The van der Waals surface area contributed by atoms with Crippen LogP contribution in [0.25, 0.3) is 0 Å². The first-order chi connectivity index (χ1) is 12.8. The summed E-state index contributed by atoms with van der Waals surface area (Å²) in [5.41, 5.74) is 2.58. The summed E-state index contributed by atoms with van der Waals surface area (Å²) >= 11 is 6.59. The predicted molar refractivity (Wildman–Crippen MR) is 109 cm³/mol. The van der Waals surface area contributed by atoms with Crippen LogP contribution in [-0.2, 0) is 13.1 Å². The number of nitrogens with zero attached hydrogens (tertiary/aromatic N) is 1. The third-order valence-electron chi connectivity index (χ3n) is 4.13. The third-order valence-corrected chi connectivity index (χ3v) is 4.39. The standard InChI is InChI=1S/C23H24ClNO/c24-22(19-26-23-14-8-3-9-15-23)18-25(16-20-10-4-1-5-11-20)17-21-12-6-2-7-13-21/h1-15,22H,16-19H2. The molecule has 0 fully saturated rings. The first-order valence-electron chi connectivity index (χ1n) is 8.92. The minimum absolute atomic E-state index is 0.0809. The molecular formula is C23H24ClNO. The van der Waals surface area contributed by atoms with Gasteiger partial charge < -0.3 is 4.74 Å². The average Bonchev–Trinajstić information content (AvgIpc) is 2.69. The van der Waals surface area contributed by atoms with Crippen LogP contribution in [0.4, 0.5) is 0 Å². The maximum Gasteiger partial charge on any atom is 0.119 e. The van der Waals surface area contributed by atoms with Crippen LogP contribution in [0.2, 0.25) is 0 Å². The van der Waals surface area contributed by atoms with E-state index in [1.165, 1.54) is 11.1 Å². The van der Waals surface area contributed by atoms with Crippen LogP contribution in [0.1, 0.15) is 11.1 Å². The lowest BCUT2D eigenvalue weighted by Gasteiger charge is -2.25. The Bertz CT molecular complexity index is 707. The lowest BCUT2D eigenvalue weighted by molar-refractivity contribution is 0.225. The van der Waals surface area contributed by atoms with Crippen molar-refractivity contribution in [2.75, 3.05) is 13.2 Å². The smallest absolute Gasteiger partial charge is 0.119 e. The molecule has 0 N–H and O–H groups in total. The molecule has 0 aliphatic rings. The molecule has 0 bridgehead atoms. The Labute approximate surface area is 161 Å². The third kappa shape index (κ3) is 6.21. The molecule has 3 aromatic carbocycles. The highest BCUT2D eigenvalue weighted by Gasteiger charge is 2.14. The quantitative estimate of drug-likeness (QED) is 0.472. The monoisotopic (exact) mass is 365 g/mol. The molecule has 3 aromatic rings. The molecule has 0 saturated carbocycles. The van der Waals surface area contributed by atoms with Gasteiger partial charge in [-0.25, -0.2) is 0 Å². The molecule has 3 heteroatoms. The van der Waals surface area contributed by atoms with Crippen LogP contribution in [0.3, 0.4) is 0 Å². The Balaban J connectivity index is 1.60. The zero-order valence-electron chi connectivity index (χ0n) is 14.8. The Morgan fingerprint density at radius 2 is 1.15 bits per heavy atom. The lowest BCUT2D eigenvalue weighted by atomic mass is 10.1. The fourth-order valence-electron chi connectivity index (χ4n) is 2.90. The number of alkyl halides is 1. The first kappa shape index (κ1) is 18.5. The van der Waals surface area contributed by atoms with Gasteiger partial charge in [-0.3, -0.25) is 4.90 Å². The van der Waals surface area contributed by atoms with Crippen molar-refractivity contribution >= 4 is 11.6 Å². The molecule has 0 aromatic heterocycles. The van der Waals surface area contributed by atoms with Crippen molar-refractivity contribution in [2.45, 2.75) is 18.5 Å². The van der Waals surface area contributed by atoms with E-state index in [4.69, 9.17) is 16.3 Å². The van der Waals surface area contributed by atoms with Gasteiger partial charge in [0.1, 0.15) is 12.4 Å². The van der Waals surface area contributed by atoms with E-state index < -0.39 is 0 Å². The van der Waals surface area contributed by atoms with Crippen LogP contribution in [0, 0.1) is 0 Å². The van der Waals surface area contributed by atoms with E-state index in [0.29, 0.717) is 6.61 Å². The Hall–Kier alpha value is -2.29. The SMILES string of the molecule is ClC(COc1ccccc1)CN(Cc1ccccc1)Cc1ccccc1. The molecule has 134 valence electrons. The average molecular weight is 366 g/mol. The van der Waals surface area contributed by atoms with Crippen molar-refractivity contribution in [2.24, 2.45) is 0 Å². The van der Waals surface area contributed by atoms with E-state index in [1.54, 1.807) is 0 Å². The van der Waals surface area contributed by atoms with Crippen molar-refractivity contribution in [1.29, 1.82) is 0 Å². The summed E-state index contributed by atoms with van der Waals surface area (Å²) in [5.74, 6) is 0.857. The van der Waals surface area contributed by atoms with Gasteiger partial charge in [-0.2, -0.15) is 0 Å². The van der Waals surface area contributed by atoms with Crippen molar-refractivity contribution in [3.8, 4) is 5.75 Å². The van der Waals surface area contributed by atoms with E-state index in [0.717, 1.165) is 25.4 Å². The summed E-state index contributed by atoms with van der Waals surface area (Å²) in [4.78, 5) is 2.37. The summed E-state index contributed by atoms with van der Waals surface area (Å²) < 4.78 is 5.81. The van der Waals surface area contributed by atoms with E-state index in [9.17, 15) is 0 Å². The van der Waals surface area contributed by atoms with Crippen molar-refractivity contribution in [3.63, 3.8) is 0 Å². The van der Waals surface area contributed by atoms with Crippen molar-refractivity contribution in [1.82, 2.24) is 4.90 Å². The molecule has 0 spiro atoms. The van der Waals surface area contributed by atoms with Crippen molar-refractivity contribution < 1.29 is 4.74 Å². The number of halogens is 1. The number of rotatable bonds is 9. The molecule has 26 heavy (non-hydrogen) atoms. The second-order valence-corrected chi connectivity index (χ2v) is 6.98. The van der Waals surface area contributed by atoms with Gasteiger partial charge in [0.05, 0.1) is 5.38 Å². The highest BCUT2D eigenvalue weighted by molar-refractivity contribution is 6.20. The number of hydrogen-bond acceptors (Lipinski definition) is 2. The van der Waals surface area contributed by atoms with Gasteiger partial charge >= 0.3 is 0 Å². The van der Waals surface area contributed by atoms with Gasteiger partial charge in [-0.1, -0.05) is 78.9 Å². The molecule has 0 heterocycles. The first-order valence-corrected chi connectivity index (χ1v) is 9.35. The Morgan fingerprint density at radius 3 is 1.65 bits per heavy atom. The van der Waals surface area contributed by atoms with E-state index in [-0.39, 0.29) is 5.38 Å². The van der Waals surface area contributed by atoms with Crippen LogP contribution < -0.4 is 4.74 Å². The summed E-state index contributed by atoms with van der Waals surface area (Å²) in [6, 6.07) is 30.8. The molecule has 0 amide bonds. The van der Waals surface area contributed by atoms with Gasteiger partial charge in [-0.15, -0.1) is 11.6 Å². The van der Waals surface area contributed by atoms with E-state index >= 15 is 0 Å². The highest BCUT2D eigenvalue weighted by Crippen LogP contribution is 2.14. The maximum absolute atomic E-state index is 6.59. The Kier molecular flexibility index (Phi) is 7.12. The van der Waals surface area contributed by atoms with Crippen LogP contribution in [0.15, 0.2) is 91.0 Å². The lowest BCUT2D eigenvalue weighted by Crippen LogP contribution is -2.32. The molecule has 0 radical (unpaired) electrons. The number of hydrogen-bond donors (Lipinski definition) is 0. The number of para-hydroxylation sites is 1. The zero-order chi connectivity index (χ0) is 18.0. The number of benzene rings is 3. The normalized spacial score (nSPS) is 12.1. The fraction of sp³-hybridized carbons (Fsp3) is 0.217. The highest BCUT2D eigenvalue weighted by atomic mass is 35.5. The molecular weight excluding hydrogens is 342 g/mol. The minimum Gasteiger partial charge on any atom is -0.492 e. The van der Waals surface area contributed by atoms with Gasteiger partial charge in [0.25, 0.3) is 0 Å². The van der Waals surface area contributed by atoms with E-state index in [2.05, 4.69) is 53.4 Å². The van der Waals surface area contributed by atoms with Gasteiger partial charge in [0.2, 0.25) is 0 Å².